The lowest BCUT2D eigenvalue weighted by Crippen LogP contribution is -1.92. The van der Waals surface area contributed by atoms with E-state index in [4.69, 9.17) is 29.7 Å². The predicted molar refractivity (Wildman–Crippen MR) is 591 cm³/mol. The quantitative estimate of drug-likeness (QED) is 0.128. The van der Waals surface area contributed by atoms with E-state index >= 15 is 0 Å². The molecule has 0 N–H and O–H groups in total. The smallest absolute Gasteiger partial charge is 0.136 e. The zero-order valence-electron chi connectivity index (χ0n) is 97.9. The summed E-state index contributed by atoms with van der Waals surface area (Å²) in [7, 11) is 0. The van der Waals surface area contributed by atoms with Crippen LogP contribution in [0.3, 0.4) is 0 Å². The van der Waals surface area contributed by atoms with Crippen LogP contribution < -0.4 is 0 Å². The largest absolute Gasteiger partial charge is 0.456 e. The molecule has 0 unspecified atom stereocenters. The molecule has 0 aliphatic heterocycles. The predicted octanol–water partition coefficient (Wildman–Crippen LogP) is 39.0. The molecule has 139 heavy (non-hydrogen) atoms. The minimum Gasteiger partial charge on any atom is -0.456 e. The molecule has 0 amide bonds. The molecule has 0 spiro atoms. The van der Waals surface area contributed by atoms with Gasteiger partial charge in [-0.25, -0.2) is 0 Å². The second-order valence-corrected chi connectivity index (χ2v) is 34.8. The van der Waals surface area contributed by atoms with Crippen LogP contribution in [0.1, 0.15) is 32.9 Å². The van der Waals surface area contributed by atoms with Crippen LogP contribution in [0.15, 0.2) is 522 Å². The van der Waals surface area contributed by atoms with Crippen LogP contribution in [0.4, 0.5) is 0 Å². The molecule has 3 aromatic heterocycles. The Morgan fingerprint density at radius 1 is 0.129 bits per heavy atom. The van der Waals surface area contributed by atoms with Crippen LogP contribution in [0.2, 0.25) is 0 Å². The van der Waals surface area contributed by atoms with Crippen LogP contribution in [-0.2, 0) is 0 Å². The number of rotatable bonds is 10. The zero-order chi connectivity index (χ0) is 112. The molecular formula is C136H84O3. The van der Waals surface area contributed by atoms with E-state index in [-0.39, 0.29) is 137 Å². The van der Waals surface area contributed by atoms with Crippen molar-refractivity contribution >= 4 is 174 Å². The summed E-state index contributed by atoms with van der Waals surface area (Å²) in [6, 6.07) is 108. The van der Waals surface area contributed by atoms with Gasteiger partial charge in [0, 0.05) is 32.3 Å². The summed E-state index contributed by atoms with van der Waals surface area (Å²) >= 11 is 0. The van der Waals surface area contributed by atoms with Crippen LogP contribution in [-0.4, -0.2) is 0 Å². The first-order chi connectivity index (χ1) is 78.9. The summed E-state index contributed by atoms with van der Waals surface area (Å²) in [5.74, 6) is 0. The van der Waals surface area contributed by atoms with Crippen molar-refractivity contribution in [1.29, 1.82) is 0 Å². The van der Waals surface area contributed by atoms with Gasteiger partial charge in [0.05, 0.1) is 32.9 Å². The SMILES string of the molecule is [2H]c1c([2H])c([2H])c2c(-c3ccc4oc5ccc6ccccc6c5c4c3)c3c([2H])c([2H])c([2H])c([2H])c3c(-c3cc(-c4ccccc4)c4ccccc4c3)c2c1[2H].[2H]c1c([2H])c([2H])c2c(-c3ccc4oc5ccc6ccccc6c5c4c3)c3c([2H])c([2H])c([2H])c([2H])c3c(-c3cc(-c4ccccc4)cc(-c4ccccc4)c3)c2c1[2H].[2H]c1c([2H])c([2H])c2c(-c3ccc4oc5ccc6ccccc6c5c4c3)c3c([2H])c([2H])c([2H])c([2H])c3c(-c3ccc(-c4ccccc4)cc3)c2c1[2H]. The lowest BCUT2D eigenvalue weighted by molar-refractivity contribution is 0.669. The Morgan fingerprint density at radius 3 is 0.691 bits per heavy atom. The summed E-state index contributed by atoms with van der Waals surface area (Å²) < 4.78 is 238. The van der Waals surface area contributed by atoms with Crippen molar-refractivity contribution < 1.29 is 46.1 Å². The topological polar surface area (TPSA) is 39.4 Å². The molecule has 0 fully saturated rings. The van der Waals surface area contributed by atoms with Crippen LogP contribution in [0, 0.1) is 0 Å². The van der Waals surface area contributed by atoms with Crippen molar-refractivity contribution in [1.82, 2.24) is 0 Å². The number of benzene rings is 26. The maximum atomic E-state index is 9.51. The van der Waals surface area contributed by atoms with Gasteiger partial charge in [-0.3, -0.25) is 0 Å². The van der Waals surface area contributed by atoms with Crippen molar-refractivity contribution in [3.8, 4) is 111 Å². The van der Waals surface area contributed by atoms with E-state index in [1.165, 1.54) is 0 Å². The van der Waals surface area contributed by atoms with Crippen LogP contribution >= 0.6 is 0 Å². The minimum atomic E-state index is -0.441. The lowest BCUT2D eigenvalue weighted by Gasteiger charge is -2.19. The first kappa shape index (κ1) is 59.4. The first-order valence-electron chi connectivity index (χ1n) is 57.8. The summed E-state index contributed by atoms with van der Waals surface area (Å²) in [6.07, 6.45) is 0. The van der Waals surface area contributed by atoms with Gasteiger partial charge in [0.25, 0.3) is 0 Å². The summed E-state index contributed by atoms with van der Waals surface area (Å²) in [5, 5.41) is 14.9. The molecule has 0 saturated heterocycles. The summed E-state index contributed by atoms with van der Waals surface area (Å²) in [5.41, 5.74) is 16.3. The van der Waals surface area contributed by atoms with E-state index in [0.29, 0.717) is 100 Å². The Kier molecular flexibility index (Phi) is 14.3. The molecule has 29 rings (SSSR count). The average Bonchev–Trinajstić information content (AvgIpc) is 1.31. The second-order valence-electron chi connectivity index (χ2n) is 34.8. The molecule has 3 heteroatoms. The Bertz CT molecular complexity index is 11300. The molecule has 3 heterocycles. The number of fused-ring (bicyclic) bond motifs is 22. The van der Waals surface area contributed by atoms with Gasteiger partial charge in [-0.1, -0.05) is 424 Å². The third-order valence-corrected chi connectivity index (χ3v) is 27.0. The molecule has 0 aliphatic rings. The Labute approximate surface area is 835 Å². The summed E-state index contributed by atoms with van der Waals surface area (Å²) in [6.45, 7) is 0. The Balaban J connectivity index is 0.000000118. The van der Waals surface area contributed by atoms with Crippen molar-refractivity contribution in [3.05, 3.63) is 509 Å². The highest BCUT2D eigenvalue weighted by Crippen LogP contribution is 2.53. The highest BCUT2D eigenvalue weighted by Gasteiger charge is 2.26. The van der Waals surface area contributed by atoms with Crippen LogP contribution in [0.25, 0.3) is 285 Å². The number of hydrogen-bond acceptors (Lipinski definition) is 3. The van der Waals surface area contributed by atoms with E-state index in [0.717, 1.165) is 120 Å². The summed E-state index contributed by atoms with van der Waals surface area (Å²) in [4.78, 5) is 0. The van der Waals surface area contributed by atoms with Gasteiger partial charge in [-0.15, -0.1) is 0 Å². The molecule has 3 nitrogen and oxygen atoms in total. The molecule has 0 atom stereocenters. The highest BCUT2D eigenvalue weighted by molar-refractivity contribution is 6.29. The lowest BCUT2D eigenvalue weighted by atomic mass is 9.84. The van der Waals surface area contributed by atoms with E-state index in [1.54, 1.807) is 18.2 Å². The zero-order valence-corrected chi connectivity index (χ0v) is 73.9. The average molecular weight is 1790 g/mol. The van der Waals surface area contributed by atoms with Gasteiger partial charge >= 0.3 is 0 Å². The third-order valence-electron chi connectivity index (χ3n) is 27.0. The van der Waals surface area contributed by atoms with Gasteiger partial charge in [0.15, 0.2) is 0 Å². The van der Waals surface area contributed by atoms with E-state index in [9.17, 15) is 16.4 Å². The fraction of sp³-hybridized carbons (Fsp3) is 0. The molecule has 26 aromatic carbocycles. The van der Waals surface area contributed by atoms with Gasteiger partial charge in [0.2, 0.25) is 0 Å². The van der Waals surface area contributed by atoms with E-state index < -0.39 is 72.5 Å². The Hall–Kier alpha value is -18.3. The van der Waals surface area contributed by atoms with Crippen molar-refractivity contribution in [2.75, 3.05) is 0 Å². The highest BCUT2D eigenvalue weighted by atomic mass is 16.3. The van der Waals surface area contributed by atoms with Crippen molar-refractivity contribution in [2.45, 2.75) is 0 Å². The van der Waals surface area contributed by atoms with Crippen LogP contribution in [0.5, 0.6) is 0 Å². The first-order valence-corrected chi connectivity index (χ1v) is 45.8. The fourth-order valence-corrected chi connectivity index (χ4v) is 20.9. The minimum absolute atomic E-state index is 0.164. The van der Waals surface area contributed by atoms with Crippen molar-refractivity contribution in [3.63, 3.8) is 0 Å². The number of hydrogen-bond donors (Lipinski definition) is 0. The van der Waals surface area contributed by atoms with Gasteiger partial charge < -0.3 is 13.3 Å². The molecule has 0 bridgehead atoms. The molecule has 0 saturated carbocycles. The molecule has 646 valence electrons. The molecule has 0 radical (unpaired) electrons. The van der Waals surface area contributed by atoms with Gasteiger partial charge in [-0.05, 0) is 304 Å². The third kappa shape index (κ3) is 13.7. The Morgan fingerprint density at radius 2 is 0.360 bits per heavy atom. The molecule has 29 aromatic rings. The fourth-order valence-electron chi connectivity index (χ4n) is 20.9. The maximum Gasteiger partial charge on any atom is 0.136 e. The normalized spacial score (nSPS) is 14.2. The van der Waals surface area contributed by atoms with Gasteiger partial charge in [0.1, 0.15) is 33.5 Å². The molecule has 0 aliphatic carbocycles. The number of furan rings is 3. The monoisotopic (exact) mass is 1790 g/mol. The van der Waals surface area contributed by atoms with E-state index in [1.807, 2.05) is 340 Å². The van der Waals surface area contributed by atoms with E-state index in [2.05, 4.69) is 6.07 Å². The van der Waals surface area contributed by atoms with Gasteiger partial charge in [-0.2, -0.15) is 0 Å². The van der Waals surface area contributed by atoms with Crippen molar-refractivity contribution in [2.24, 2.45) is 0 Å². The molecular weight excluding hydrogens is 1680 g/mol. The standard InChI is InChI=1S/C48H30O.C46H28O.C42H26O/c1-3-13-31(14-4-1)35-27-36(32-15-5-2-6-16-32)29-37(28-35)47-41-21-11-9-19-39(41)46(40-20-10-12-22-42(40)47)34-24-25-44-43(30-34)48-38-18-8-7-17-33(38)23-26-45(48)49-44;1-2-12-29(13-3-1)40-28-33(26-31-15-5-6-16-34(31)40)45-38-20-10-8-18-36(38)44(37-19-9-11-21-39(37)45)32-23-24-42-41(27-32)46-35-17-7-4-14-30(35)22-25-43(46)47-42;1-2-10-27(11-3-1)28-18-20-30(21-19-28)40-33-14-6-8-16-35(33)41(36-17-9-7-15-34(36)40)31-23-24-38-37(26-31)42-32-13-5-4-12-29(32)22-25-39(42)43-38/h1-30H;1-28H;1-26H/i9D,10D,11D,12D,19D,20D,21D,22D;8D,9D,10D,11D,18D,19D,20D,21D;6D,7D,8D,9D,14D,15D,16D,17D. The maximum absolute atomic E-state index is 9.51. The second kappa shape index (κ2) is 33.4.